The quantitative estimate of drug-likeness (QED) is 0.649. The van der Waals surface area contributed by atoms with Crippen molar-refractivity contribution >= 4 is 11.7 Å². The number of rotatable bonds is 1. The van der Waals surface area contributed by atoms with Gasteiger partial charge in [0.1, 0.15) is 0 Å². The zero-order chi connectivity index (χ0) is 18.8. The first-order valence-corrected chi connectivity index (χ1v) is 10.2. The summed E-state index contributed by atoms with van der Waals surface area (Å²) in [6.07, 6.45) is 2.82. The topological polar surface area (TPSA) is 87.8 Å². The van der Waals surface area contributed by atoms with Gasteiger partial charge in [0.25, 0.3) is 0 Å². The lowest BCUT2D eigenvalue weighted by Crippen LogP contribution is -2.74. The minimum absolute atomic E-state index is 0.0757. The Kier molecular flexibility index (Phi) is 4.00. The number of anilines is 1. The summed E-state index contributed by atoms with van der Waals surface area (Å²) in [5.41, 5.74) is 9.16. The Morgan fingerprint density at radius 3 is 2.96 bits per heavy atom. The lowest BCUT2D eigenvalue weighted by Gasteiger charge is -2.59. The third-order valence-electron chi connectivity index (χ3n) is 7.72. The van der Waals surface area contributed by atoms with Crippen LogP contribution in [0.5, 0.6) is 0 Å². The molecule has 1 aliphatic carbocycles. The van der Waals surface area contributed by atoms with E-state index in [1.807, 2.05) is 0 Å². The fraction of sp³-hybridized carbons (Fsp3) is 0.667. The van der Waals surface area contributed by atoms with E-state index in [2.05, 4.69) is 34.5 Å². The van der Waals surface area contributed by atoms with Gasteiger partial charge in [0.15, 0.2) is 0 Å². The molecule has 5 rings (SSSR count). The number of carbonyl (C=O) groups is 1. The maximum atomic E-state index is 12.5. The average molecular weight is 371 g/mol. The van der Waals surface area contributed by atoms with Crippen molar-refractivity contribution in [2.45, 2.75) is 49.4 Å². The Balaban J connectivity index is 1.48. The lowest BCUT2D eigenvalue weighted by molar-refractivity contribution is -0.164. The number of aliphatic hydroxyl groups excluding tert-OH is 1. The molecule has 0 aromatic heterocycles. The van der Waals surface area contributed by atoms with Crippen LogP contribution >= 0.6 is 0 Å². The molecule has 3 heterocycles. The molecule has 7 atom stereocenters. The third kappa shape index (κ3) is 2.46. The molecule has 4 N–H and O–H groups in total. The zero-order valence-electron chi connectivity index (χ0n) is 15.8. The van der Waals surface area contributed by atoms with E-state index in [4.69, 9.17) is 10.5 Å². The fourth-order valence-corrected chi connectivity index (χ4v) is 6.42. The molecule has 0 spiro atoms. The number of piperidine rings is 2. The first-order valence-electron chi connectivity index (χ1n) is 10.2. The second-order valence-corrected chi connectivity index (χ2v) is 8.86. The molecule has 3 aliphatic heterocycles. The van der Waals surface area contributed by atoms with Gasteiger partial charge in [-0.3, -0.25) is 9.69 Å². The monoisotopic (exact) mass is 371 g/mol. The van der Waals surface area contributed by atoms with Gasteiger partial charge in [-0.15, -0.1) is 0 Å². The van der Waals surface area contributed by atoms with Crippen LogP contribution in [0.25, 0.3) is 0 Å². The summed E-state index contributed by atoms with van der Waals surface area (Å²) in [4.78, 5) is 14.9. The number of hydrogen-bond acceptors (Lipinski definition) is 6. The first-order chi connectivity index (χ1) is 13.0. The number of ether oxygens (including phenoxy) is 1. The summed E-state index contributed by atoms with van der Waals surface area (Å²) in [5.74, 6) is 0.134. The Labute approximate surface area is 160 Å². The van der Waals surface area contributed by atoms with Crippen LogP contribution in [0.1, 0.15) is 37.2 Å². The van der Waals surface area contributed by atoms with Crippen LogP contribution < -0.4 is 11.1 Å². The predicted molar refractivity (Wildman–Crippen MR) is 102 cm³/mol. The number of aliphatic hydroxyl groups is 1. The van der Waals surface area contributed by atoms with Gasteiger partial charge in [0.2, 0.25) is 0 Å². The van der Waals surface area contributed by atoms with Gasteiger partial charge in [-0.2, -0.15) is 0 Å². The number of carbonyl (C=O) groups excluding carboxylic acids is 1. The van der Waals surface area contributed by atoms with E-state index < -0.39 is 17.7 Å². The minimum Gasteiger partial charge on any atom is -0.469 e. The van der Waals surface area contributed by atoms with Crippen LogP contribution in [-0.2, 0) is 9.53 Å². The van der Waals surface area contributed by atoms with Gasteiger partial charge >= 0.3 is 5.97 Å². The second kappa shape index (κ2) is 6.19. The van der Waals surface area contributed by atoms with Crippen LogP contribution in [0, 0.1) is 17.8 Å². The van der Waals surface area contributed by atoms with Gasteiger partial charge in [0.05, 0.1) is 30.8 Å². The molecule has 0 bridgehead atoms. The highest BCUT2D eigenvalue weighted by Gasteiger charge is 2.58. The van der Waals surface area contributed by atoms with Gasteiger partial charge in [-0.25, -0.2) is 0 Å². The number of benzene rings is 1. The molecule has 2 saturated heterocycles. The molecule has 3 fully saturated rings. The summed E-state index contributed by atoms with van der Waals surface area (Å²) in [6.45, 7) is 1.89. The Morgan fingerprint density at radius 1 is 1.33 bits per heavy atom. The first kappa shape index (κ1) is 17.5. The summed E-state index contributed by atoms with van der Waals surface area (Å²) in [7, 11) is 1.41. The van der Waals surface area contributed by atoms with E-state index in [9.17, 15) is 9.90 Å². The highest BCUT2D eigenvalue weighted by Crippen LogP contribution is 2.52. The van der Waals surface area contributed by atoms with Crippen LogP contribution in [0.2, 0.25) is 0 Å². The van der Waals surface area contributed by atoms with Crippen molar-refractivity contribution in [2.24, 2.45) is 23.5 Å². The number of esters is 1. The molecule has 146 valence electrons. The molecule has 6 heteroatoms. The smallest absolute Gasteiger partial charge is 0.311 e. The van der Waals surface area contributed by atoms with Crippen LogP contribution in [0.15, 0.2) is 24.3 Å². The maximum absolute atomic E-state index is 12.5. The van der Waals surface area contributed by atoms with Crippen molar-refractivity contribution in [1.29, 1.82) is 0 Å². The summed E-state index contributed by atoms with van der Waals surface area (Å²) in [5, 5.41) is 14.2. The molecule has 1 aromatic rings. The molecule has 1 saturated carbocycles. The number of nitrogens with one attached hydrogen (secondary N) is 1. The molecular weight excluding hydrogens is 342 g/mol. The summed E-state index contributed by atoms with van der Waals surface area (Å²) >= 11 is 0. The Bertz CT molecular complexity index is 756. The average Bonchev–Trinajstić information content (AvgIpc) is 3.06. The van der Waals surface area contributed by atoms with Crippen molar-refractivity contribution < 1.29 is 14.6 Å². The molecule has 2 unspecified atom stereocenters. The Hall–Kier alpha value is -1.63. The number of fused-ring (bicyclic) bond motifs is 6. The molecule has 0 amide bonds. The van der Waals surface area contributed by atoms with Gasteiger partial charge in [-0.05, 0) is 49.1 Å². The van der Waals surface area contributed by atoms with Crippen molar-refractivity contribution in [3.05, 3.63) is 29.8 Å². The number of methoxy groups -OCH3 is 1. The van der Waals surface area contributed by atoms with E-state index in [0.717, 1.165) is 32.4 Å². The van der Waals surface area contributed by atoms with Crippen molar-refractivity contribution in [2.75, 3.05) is 25.5 Å². The minimum atomic E-state index is -0.623. The largest absolute Gasteiger partial charge is 0.469 e. The highest BCUT2D eigenvalue weighted by atomic mass is 16.5. The Morgan fingerprint density at radius 2 is 2.15 bits per heavy atom. The molecular formula is C21H29N3O3. The number of nitrogens with zero attached hydrogens (tertiary/aromatic N) is 1. The van der Waals surface area contributed by atoms with Gasteiger partial charge < -0.3 is 20.9 Å². The number of para-hydroxylation sites is 1. The van der Waals surface area contributed by atoms with Crippen LogP contribution in [-0.4, -0.2) is 54.0 Å². The standard InChI is InChI=1S/C21H29N3O3/c1-27-20(26)18-15-10-21(22)19-14(13-4-2-3-5-16(13)23-19)8-9-24(21)11-12(15)6-7-17(18)25/h2-5,12,14-15,17-19,23,25H,6-11,22H2,1H3/t12-,14?,15-,17-,18+,19?,21-/m0/s1. The van der Waals surface area contributed by atoms with Crippen LogP contribution in [0.4, 0.5) is 5.69 Å². The summed E-state index contributed by atoms with van der Waals surface area (Å²) in [6, 6.07) is 8.64. The van der Waals surface area contributed by atoms with E-state index in [0.29, 0.717) is 18.3 Å². The van der Waals surface area contributed by atoms with Crippen molar-refractivity contribution in [3.63, 3.8) is 0 Å². The normalized spacial score (nSPS) is 42.9. The van der Waals surface area contributed by atoms with Crippen molar-refractivity contribution in [1.82, 2.24) is 4.90 Å². The number of hydrogen-bond donors (Lipinski definition) is 3. The molecule has 27 heavy (non-hydrogen) atoms. The van der Waals surface area contributed by atoms with Crippen molar-refractivity contribution in [3.8, 4) is 0 Å². The fourth-order valence-electron chi connectivity index (χ4n) is 6.42. The van der Waals surface area contributed by atoms with Crippen LogP contribution in [0.3, 0.4) is 0 Å². The highest BCUT2D eigenvalue weighted by molar-refractivity contribution is 5.73. The molecule has 6 nitrogen and oxygen atoms in total. The lowest BCUT2D eigenvalue weighted by atomic mass is 9.61. The summed E-state index contributed by atoms with van der Waals surface area (Å²) < 4.78 is 5.05. The molecule has 4 aliphatic rings. The zero-order valence-corrected chi connectivity index (χ0v) is 15.8. The van der Waals surface area contributed by atoms with Gasteiger partial charge in [-0.1, -0.05) is 18.2 Å². The van der Waals surface area contributed by atoms with Gasteiger partial charge in [0, 0.05) is 24.7 Å². The predicted octanol–water partition coefficient (Wildman–Crippen LogP) is 1.50. The van der Waals surface area contributed by atoms with E-state index >= 15 is 0 Å². The number of nitrogens with two attached hydrogens (primary N) is 1. The molecule has 0 radical (unpaired) electrons. The maximum Gasteiger partial charge on any atom is 0.311 e. The van der Waals surface area contributed by atoms with E-state index in [1.54, 1.807) is 0 Å². The van der Waals surface area contributed by atoms with E-state index in [1.165, 1.54) is 18.4 Å². The second-order valence-electron chi connectivity index (χ2n) is 8.86. The van der Waals surface area contributed by atoms with E-state index in [-0.39, 0.29) is 17.9 Å². The molecule has 1 aromatic carbocycles. The SMILES string of the molecule is COC(=O)[C@@H]1[C@H]2C[C@@]3(N)C4Nc5ccccc5C4CCN3C[C@@H]2CC[C@@H]1O. The third-order valence-corrected chi connectivity index (χ3v) is 7.72.